The van der Waals surface area contributed by atoms with Crippen molar-refractivity contribution in [3.05, 3.63) is 35.6 Å². The van der Waals surface area contributed by atoms with Crippen molar-refractivity contribution in [3.8, 4) is 0 Å². The summed E-state index contributed by atoms with van der Waals surface area (Å²) in [6, 6.07) is 6.94. The van der Waals surface area contributed by atoms with E-state index >= 15 is 0 Å². The molecule has 3 heteroatoms. The van der Waals surface area contributed by atoms with E-state index in [0.29, 0.717) is 5.92 Å². The van der Waals surface area contributed by atoms with Crippen molar-refractivity contribution < 1.29 is 4.39 Å². The van der Waals surface area contributed by atoms with Crippen LogP contribution in [0.25, 0.3) is 0 Å². The monoisotopic (exact) mass is 308 g/mol. The van der Waals surface area contributed by atoms with Crippen molar-refractivity contribution in [2.24, 2.45) is 5.92 Å². The first-order valence-electron chi connectivity index (χ1n) is 4.13. The maximum atomic E-state index is 13.2. The van der Waals surface area contributed by atoms with Gasteiger partial charge in [0.05, 0.1) is 0 Å². The highest BCUT2D eigenvalue weighted by Crippen LogP contribution is 2.16. The Morgan fingerprint density at radius 2 is 1.77 bits per heavy atom. The van der Waals surface area contributed by atoms with Crippen molar-refractivity contribution >= 4 is 31.9 Å². The number of benzene rings is 1. The van der Waals surface area contributed by atoms with Gasteiger partial charge in [0.25, 0.3) is 0 Å². The molecular weight excluding hydrogens is 299 g/mol. The Hall–Kier alpha value is 0.110. The molecule has 0 N–H and O–H groups in total. The number of hydrogen-bond acceptors (Lipinski definition) is 0. The lowest BCUT2D eigenvalue weighted by Gasteiger charge is -2.10. The molecule has 0 nitrogen and oxygen atoms in total. The summed E-state index contributed by atoms with van der Waals surface area (Å²) in [6.07, 6.45) is 0.781. The van der Waals surface area contributed by atoms with Gasteiger partial charge in [-0.05, 0) is 24.0 Å². The van der Waals surface area contributed by atoms with Crippen LogP contribution in [0.2, 0.25) is 0 Å². The fourth-order valence-corrected chi connectivity index (χ4v) is 2.66. The molecule has 1 aromatic carbocycles. The second-order valence-electron chi connectivity index (χ2n) is 2.97. The fourth-order valence-electron chi connectivity index (χ4n) is 1.13. The zero-order valence-corrected chi connectivity index (χ0v) is 10.3. The van der Waals surface area contributed by atoms with Crippen LogP contribution in [-0.4, -0.2) is 10.7 Å². The predicted molar refractivity (Wildman–Crippen MR) is 61.2 cm³/mol. The Labute approximate surface area is 94.8 Å². The molecule has 0 amide bonds. The van der Waals surface area contributed by atoms with E-state index in [1.807, 2.05) is 12.1 Å². The Bertz CT molecular complexity index is 259. The average molecular weight is 310 g/mol. The molecule has 72 valence electrons. The summed E-state index contributed by atoms with van der Waals surface area (Å²) < 4.78 is 13.2. The van der Waals surface area contributed by atoms with Gasteiger partial charge in [-0.25, -0.2) is 4.39 Å². The highest BCUT2D eigenvalue weighted by atomic mass is 79.9. The van der Waals surface area contributed by atoms with Gasteiger partial charge in [0, 0.05) is 10.7 Å². The van der Waals surface area contributed by atoms with Crippen LogP contribution in [0.5, 0.6) is 0 Å². The van der Waals surface area contributed by atoms with E-state index in [1.165, 1.54) is 6.07 Å². The molecule has 0 aliphatic heterocycles. The zero-order valence-electron chi connectivity index (χ0n) is 7.14. The van der Waals surface area contributed by atoms with Crippen LogP contribution in [0, 0.1) is 11.7 Å². The van der Waals surface area contributed by atoms with Gasteiger partial charge >= 0.3 is 0 Å². The van der Waals surface area contributed by atoms with Crippen molar-refractivity contribution in [3.63, 3.8) is 0 Å². The molecule has 0 fully saturated rings. The van der Waals surface area contributed by atoms with E-state index in [-0.39, 0.29) is 5.82 Å². The van der Waals surface area contributed by atoms with Gasteiger partial charge in [-0.3, -0.25) is 0 Å². The lowest BCUT2D eigenvalue weighted by Crippen LogP contribution is -2.08. The quantitative estimate of drug-likeness (QED) is 0.743. The minimum atomic E-state index is -0.102. The highest BCUT2D eigenvalue weighted by Gasteiger charge is 2.09. The Kier molecular flexibility index (Phi) is 4.96. The smallest absolute Gasteiger partial charge is 0.126 e. The summed E-state index contributed by atoms with van der Waals surface area (Å²) in [5.74, 6) is 0.353. The standard InChI is InChI=1S/C10H11Br2F/c11-6-8(7-12)5-9-3-1-2-4-10(9)13/h1-4,8H,5-7H2. The molecule has 0 saturated carbocycles. The van der Waals surface area contributed by atoms with Gasteiger partial charge in [0.15, 0.2) is 0 Å². The minimum absolute atomic E-state index is 0.102. The van der Waals surface area contributed by atoms with Crippen molar-refractivity contribution in [2.75, 3.05) is 10.7 Å². The molecule has 0 aliphatic carbocycles. The minimum Gasteiger partial charge on any atom is -0.207 e. The number of halogens is 3. The first-order chi connectivity index (χ1) is 6.27. The number of rotatable bonds is 4. The van der Waals surface area contributed by atoms with Gasteiger partial charge in [0.2, 0.25) is 0 Å². The molecule has 0 atom stereocenters. The largest absolute Gasteiger partial charge is 0.207 e. The van der Waals surface area contributed by atoms with Crippen molar-refractivity contribution in [1.82, 2.24) is 0 Å². The topological polar surface area (TPSA) is 0 Å². The normalized spacial score (nSPS) is 10.8. The first kappa shape index (κ1) is 11.2. The summed E-state index contributed by atoms with van der Waals surface area (Å²) in [6.45, 7) is 0. The third kappa shape index (κ3) is 3.39. The van der Waals surface area contributed by atoms with Crippen LogP contribution in [0.3, 0.4) is 0 Å². The maximum Gasteiger partial charge on any atom is 0.126 e. The van der Waals surface area contributed by atoms with Gasteiger partial charge < -0.3 is 0 Å². The van der Waals surface area contributed by atoms with E-state index in [1.54, 1.807) is 6.07 Å². The summed E-state index contributed by atoms with van der Waals surface area (Å²) in [5.41, 5.74) is 0.798. The van der Waals surface area contributed by atoms with Crippen molar-refractivity contribution in [2.45, 2.75) is 6.42 Å². The highest BCUT2D eigenvalue weighted by molar-refractivity contribution is 9.09. The van der Waals surface area contributed by atoms with E-state index in [0.717, 1.165) is 22.6 Å². The van der Waals surface area contributed by atoms with E-state index in [9.17, 15) is 4.39 Å². The van der Waals surface area contributed by atoms with Crippen molar-refractivity contribution in [1.29, 1.82) is 0 Å². The molecule has 1 rings (SSSR count). The second kappa shape index (κ2) is 5.76. The maximum absolute atomic E-state index is 13.2. The van der Waals surface area contributed by atoms with Crippen LogP contribution in [0.4, 0.5) is 4.39 Å². The predicted octanol–water partition coefficient (Wildman–Crippen LogP) is 3.77. The van der Waals surface area contributed by atoms with Gasteiger partial charge in [-0.1, -0.05) is 50.1 Å². The molecule has 0 aromatic heterocycles. The van der Waals surface area contributed by atoms with Gasteiger partial charge in [-0.15, -0.1) is 0 Å². The van der Waals surface area contributed by atoms with E-state index in [4.69, 9.17) is 0 Å². The third-order valence-corrected chi connectivity index (χ3v) is 3.73. The fraction of sp³-hybridized carbons (Fsp3) is 0.400. The van der Waals surface area contributed by atoms with Crippen LogP contribution < -0.4 is 0 Å². The first-order valence-corrected chi connectivity index (χ1v) is 6.37. The molecule has 1 aromatic rings. The summed E-state index contributed by atoms with van der Waals surface area (Å²) in [4.78, 5) is 0. The molecule has 0 bridgehead atoms. The van der Waals surface area contributed by atoms with Crippen LogP contribution in [0.1, 0.15) is 5.56 Å². The van der Waals surface area contributed by atoms with Crippen LogP contribution in [-0.2, 0) is 6.42 Å². The SMILES string of the molecule is Fc1ccccc1CC(CBr)CBr. The molecule has 0 aliphatic rings. The molecule has 0 heterocycles. The Balaban J connectivity index is 2.67. The van der Waals surface area contributed by atoms with E-state index < -0.39 is 0 Å². The molecule has 0 unspecified atom stereocenters. The summed E-state index contributed by atoms with van der Waals surface area (Å²) in [7, 11) is 0. The van der Waals surface area contributed by atoms with Crippen LogP contribution in [0.15, 0.2) is 24.3 Å². The van der Waals surface area contributed by atoms with Crippen LogP contribution >= 0.6 is 31.9 Å². The zero-order chi connectivity index (χ0) is 9.68. The number of hydrogen-bond donors (Lipinski definition) is 0. The molecular formula is C10H11Br2F. The van der Waals surface area contributed by atoms with E-state index in [2.05, 4.69) is 31.9 Å². The molecule has 0 radical (unpaired) electrons. The summed E-state index contributed by atoms with van der Waals surface area (Å²) >= 11 is 6.81. The molecule has 0 saturated heterocycles. The lowest BCUT2D eigenvalue weighted by molar-refractivity contribution is 0.583. The number of alkyl halides is 2. The second-order valence-corrected chi connectivity index (χ2v) is 4.27. The molecule has 13 heavy (non-hydrogen) atoms. The third-order valence-electron chi connectivity index (χ3n) is 1.90. The van der Waals surface area contributed by atoms with Gasteiger partial charge in [0.1, 0.15) is 5.82 Å². The molecule has 0 spiro atoms. The Morgan fingerprint density at radius 3 is 2.31 bits per heavy atom. The van der Waals surface area contributed by atoms with Gasteiger partial charge in [-0.2, -0.15) is 0 Å². The summed E-state index contributed by atoms with van der Waals surface area (Å²) in [5, 5.41) is 1.79. The Morgan fingerprint density at radius 1 is 1.15 bits per heavy atom. The average Bonchev–Trinajstić information content (AvgIpc) is 2.17. The lowest BCUT2D eigenvalue weighted by atomic mass is 10.0.